The van der Waals surface area contributed by atoms with Crippen LogP contribution in [0.15, 0.2) is 30.5 Å². The number of aryl methyl sites for hydroxylation is 2. The van der Waals surface area contributed by atoms with Gasteiger partial charge in [0, 0.05) is 22.7 Å². The highest BCUT2D eigenvalue weighted by Crippen LogP contribution is 2.45. The largest absolute Gasteiger partial charge is 0.371 e. The lowest BCUT2D eigenvalue weighted by Gasteiger charge is -2.35. The van der Waals surface area contributed by atoms with Crippen LogP contribution in [0.4, 0.5) is 5.69 Å². The van der Waals surface area contributed by atoms with Crippen molar-refractivity contribution in [3.63, 3.8) is 0 Å². The van der Waals surface area contributed by atoms with Crippen LogP contribution in [0.2, 0.25) is 5.02 Å². The Morgan fingerprint density at radius 1 is 1.11 bits per heavy atom. The van der Waals surface area contributed by atoms with Crippen molar-refractivity contribution < 1.29 is 0 Å². The van der Waals surface area contributed by atoms with Gasteiger partial charge < -0.3 is 10.3 Å². The van der Waals surface area contributed by atoms with Crippen molar-refractivity contribution in [2.75, 3.05) is 5.32 Å². The number of aromatic nitrogens is 4. The van der Waals surface area contributed by atoms with Crippen LogP contribution in [-0.2, 0) is 5.54 Å². The first-order valence-electron chi connectivity index (χ1n) is 9.41. The van der Waals surface area contributed by atoms with Crippen LogP contribution in [0.1, 0.15) is 36.6 Å². The molecule has 0 bridgehead atoms. The number of hydrogen-bond acceptors (Lipinski definition) is 3. The molecule has 3 heterocycles. The highest BCUT2D eigenvalue weighted by atomic mass is 35.5. The van der Waals surface area contributed by atoms with Gasteiger partial charge in [0.15, 0.2) is 5.82 Å². The van der Waals surface area contributed by atoms with Gasteiger partial charge in [-0.15, -0.1) is 10.2 Å². The molecular formula is C22H22ClN5. The van der Waals surface area contributed by atoms with E-state index < -0.39 is 0 Å². The minimum atomic E-state index is -0.331. The van der Waals surface area contributed by atoms with Crippen molar-refractivity contribution in [1.82, 2.24) is 19.7 Å². The first-order valence-corrected chi connectivity index (χ1v) is 9.78. The zero-order chi connectivity index (χ0) is 19.8. The monoisotopic (exact) mass is 391 g/mol. The van der Waals surface area contributed by atoms with E-state index in [1.165, 1.54) is 10.9 Å². The molecule has 2 N–H and O–H groups in total. The van der Waals surface area contributed by atoms with Gasteiger partial charge in [-0.2, -0.15) is 0 Å². The molecule has 0 unspecified atom stereocenters. The number of rotatable bonds is 1. The standard InChI is InChI=1S/C22H22ClN5/c1-11-10-24-19-14(11)7-6-8-15(19)18-12(2)20-17(9-16(18)23)25-22(4,5)21-27-26-13(3)28(20)21/h6-10,24-25H,1-5H3. The lowest BCUT2D eigenvalue weighted by Crippen LogP contribution is -2.36. The van der Waals surface area contributed by atoms with E-state index >= 15 is 0 Å². The Morgan fingerprint density at radius 2 is 1.89 bits per heavy atom. The summed E-state index contributed by atoms with van der Waals surface area (Å²) in [4.78, 5) is 3.42. The van der Waals surface area contributed by atoms with E-state index in [1.807, 2.05) is 19.2 Å². The van der Waals surface area contributed by atoms with Crippen LogP contribution in [0.25, 0.3) is 27.7 Å². The molecule has 5 rings (SSSR count). The second-order valence-electron chi connectivity index (χ2n) is 8.11. The predicted octanol–water partition coefficient (Wildman–Crippen LogP) is 5.65. The Balaban J connectivity index is 1.86. The average Bonchev–Trinajstić information content (AvgIpc) is 3.19. The number of para-hydroxylation sites is 1. The summed E-state index contributed by atoms with van der Waals surface area (Å²) in [5.41, 5.74) is 7.31. The first kappa shape index (κ1) is 17.3. The molecule has 0 saturated carbocycles. The number of hydrogen-bond donors (Lipinski definition) is 2. The minimum absolute atomic E-state index is 0.331. The van der Waals surface area contributed by atoms with Gasteiger partial charge in [-0.25, -0.2) is 0 Å². The molecule has 0 fully saturated rings. The fraction of sp³-hybridized carbons (Fsp3) is 0.273. The summed E-state index contributed by atoms with van der Waals surface area (Å²) in [6.07, 6.45) is 2.04. The molecule has 0 spiro atoms. The average molecular weight is 392 g/mol. The van der Waals surface area contributed by atoms with Crippen molar-refractivity contribution in [3.8, 4) is 16.8 Å². The third-order valence-electron chi connectivity index (χ3n) is 5.74. The fourth-order valence-electron chi connectivity index (χ4n) is 4.41. The van der Waals surface area contributed by atoms with E-state index in [-0.39, 0.29) is 5.54 Å². The summed E-state index contributed by atoms with van der Waals surface area (Å²) in [7, 11) is 0. The van der Waals surface area contributed by atoms with Gasteiger partial charge in [-0.05, 0) is 51.8 Å². The summed E-state index contributed by atoms with van der Waals surface area (Å²) in [5.74, 6) is 1.78. The minimum Gasteiger partial charge on any atom is -0.371 e. The van der Waals surface area contributed by atoms with Crippen LogP contribution in [0, 0.1) is 20.8 Å². The molecule has 4 aromatic rings. The second kappa shape index (κ2) is 5.61. The van der Waals surface area contributed by atoms with Crippen molar-refractivity contribution in [3.05, 3.63) is 58.3 Å². The normalized spacial score (nSPS) is 14.6. The van der Waals surface area contributed by atoms with Crippen molar-refractivity contribution in [1.29, 1.82) is 0 Å². The summed E-state index contributed by atoms with van der Waals surface area (Å²) >= 11 is 6.85. The van der Waals surface area contributed by atoms with Gasteiger partial charge in [0.1, 0.15) is 5.82 Å². The molecule has 2 aromatic carbocycles. The maximum atomic E-state index is 6.85. The van der Waals surface area contributed by atoms with Gasteiger partial charge in [0.25, 0.3) is 0 Å². The van der Waals surface area contributed by atoms with Crippen LogP contribution in [0.5, 0.6) is 0 Å². The molecule has 0 saturated heterocycles. The second-order valence-corrected chi connectivity index (χ2v) is 8.52. The molecule has 0 radical (unpaired) electrons. The van der Waals surface area contributed by atoms with E-state index in [0.29, 0.717) is 0 Å². The zero-order valence-electron chi connectivity index (χ0n) is 16.6. The Morgan fingerprint density at radius 3 is 2.68 bits per heavy atom. The molecule has 1 aliphatic heterocycles. The summed E-state index contributed by atoms with van der Waals surface area (Å²) in [6.45, 7) is 10.4. The van der Waals surface area contributed by atoms with E-state index in [9.17, 15) is 0 Å². The topological polar surface area (TPSA) is 58.5 Å². The molecule has 28 heavy (non-hydrogen) atoms. The van der Waals surface area contributed by atoms with E-state index in [4.69, 9.17) is 11.6 Å². The zero-order valence-corrected chi connectivity index (χ0v) is 17.4. The Bertz CT molecular complexity index is 1260. The maximum absolute atomic E-state index is 6.85. The van der Waals surface area contributed by atoms with Gasteiger partial charge >= 0.3 is 0 Å². The lowest BCUT2D eigenvalue weighted by atomic mass is 9.92. The molecule has 1 aliphatic rings. The number of anilines is 1. The molecule has 5 nitrogen and oxygen atoms in total. The summed E-state index contributed by atoms with van der Waals surface area (Å²) in [6, 6.07) is 8.37. The fourth-order valence-corrected chi connectivity index (χ4v) is 4.76. The predicted molar refractivity (Wildman–Crippen MR) is 115 cm³/mol. The molecule has 2 aromatic heterocycles. The Labute approximate surface area is 168 Å². The lowest BCUT2D eigenvalue weighted by molar-refractivity contribution is 0.535. The molecule has 0 aliphatic carbocycles. The van der Waals surface area contributed by atoms with Crippen molar-refractivity contribution in [2.24, 2.45) is 0 Å². The smallest absolute Gasteiger partial charge is 0.162 e. The molecule has 0 amide bonds. The van der Waals surface area contributed by atoms with Gasteiger partial charge in [-0.3, -0.25) is 4.57 Å². The molecule has 0 atom stereocenters. The van der Waals surface area contributed by atoms with Crippen LogP contribution >= 0.6 is 11.6 Å². The first-order chi connectivity index (χ1) is 13.3. The number of H-pyrrole nitrogens is 1. The highest BCUT2D eigenvalue weighted by molar-refractivity contribution is 6.34. The number of benzene rings is 2. The van der Waals surface area contributed by atoms with Gasteiger partial charge in [0.05, 0.1) is 27.5 Å². The van der Waals surface area contributed by atoms with Gasteiger partial charge in [0.2, 0.25) is 0 Å². The van der Waals surface area contributed by atoms with E-state index in [1.54, 1.807) is 0 Å². The highest BCUT2D eigenvalue weighted by Gasteiger charge is 2.36. The molecule has 142 valence electrons. The Kier molecular flexibility index (Phi) is 3.47. The van der Waals surface area contributed by atoms with Crippen molar-refractivity contribution in [2.45, 2.75) is 40.2 Å². The SMILES string of the molecule is Cc1c(-c2cccc3c(C)c[nH]c23)c(Cl)cc2c1-n1c(C)nnc1C(C)(C)N2. The Hall–Kier alpha value is -2.79. The summed E-state index contributed by atoms with van der Waals surface area (Å²) < 4.78 is 2.15. The van der Waals surface area contributed by atoms with Crippen LogP contribution in [0.3, 0.4) is 0 Å². The van der Waals surface area contributed by atoms with E-state index in [2.05, 4.69) is 71.0 Å². The molecular weight excluding hydrogens is 370 g/mol. The number of nitrogens with zero attached hydrogens (tertiary/aromatic N) is 3. The number of fused-ring (bicyclic) bond motifs is 4. The molecule has 6 heteroatoms. The van der Waals surface area contributed by atoms with Crippen LogP contribution in [-0.4, -0.2) is 19.7 Å². The maximum Gasteiger partial charge on any atom is 0.162 e. The quantitative estimate of drug-likeness (QED) is 0.440. The number of nitrogens with one attached hydrogen (secondary N) is 2. The third kappa shape index (κ3) is 2.20. The number of aromatic amines is 1. The van der Waals surface area contributed by atoms with Crippen LogP contribution < -0.4 is 5.32 Å². The van der Waals surface area contributed by atoms with Crippen molar-refractivity contribution >= 4 is 28.2 Å². The summed E-state index contributed by atoms with van der Waals surface area (Å²) in [5, 5.41) is 14.3. The van der Waals surface area contributed by atoms with Gasteiger partial charge in [-0.1, -0.05) is 29.8 Å². The number of halogens is 1. The van der Waals surface area contributed by atoms with E-state index in [0.717, 1.165) is 50.3 Å². The third-order valence-corrected chi connectivity index (χ3v) is 6.04.